The Bertz CT molecular complexity index is 5720. The molecule has 16 rings (SSSR count). The monoisotopic (exact) mass is 1450 g/mol. The first-order chi connectivity index (χ1) is 50.4. The lowest BCUT2D eigenvalue weighted by Gasteiger charge is -2.25. The summed E-state index contributed by atoms with van der Waals surface area (Å²) in [5, 5.41) is 221. The van der Waals surface area contributed by atoms with E-state index < -0.39 is 69.0 Å². The van der Waals surface area contributed by atoms with Crippen LogP contribution in [0.5, 0.6) is 253 Å². The lowest BCUT2D eigenvalue weighted by atomic mass is 10.1. The molecule has 0 atom stereocenters. The van der Waals surface area contributed by atoms with Crippen molar-refractivity contribution in [2.24, 2.45) is 0 Å². The van der Waals surface area contributed by atoms with Crippen LogP contribution in [0.3, 0.4) is 0 Å². The zero-order valence-electron chi connectivity index (χ0n) is 52.6. The number of fused-ring (bicyclic) bond motifs is 10. The van der Waals surface area contributed by atoms with Crippen molar-refractivity contribution in [3.05, 3.63) is 146 Å². The molecule has 0 spiro atoms. The number of phenolic OH excluding ortho intramolecular Hbond substituents is 22. The summed E-state index contributed by atoms with van der Waals surface area (Å²) in [5.41, 5.74) is 0.191. The molecule has 106 heavy (non-hydrogen) atoms. The fraction of sp³-hybridized carbons (Fsp3) is 0. The Balaban J connectivity index is 0.000000134. The first kappa shape index (κ1) is 67.0. The standard InChI is InChI=1S/C24H16O12.C24H14O11.C24H16O11/c25-9-1-10(26)3-13(2-9)33-23-19(34-20-14(29)4-11(27)5-15(20)30)8-17(32)22-24(23)36-21-16(31)6-12(28)7-18(21)35-22;25-8-1-9(26)3-11(2-8)32-21-13(29)6-14(30)22-24(21)35-20-15(31)7-17-19(23(20)34-22)18-12(28)4-10(27)5-16(18)33-17;25-10-1-11(26)4-14(3-10)32-16-7-17(29)21-20(8-16)34-23-19(31)9-18(30)22(24(23)35-21)33-15-5-12(27)2-13(28)6-15/h1-8,25-32H;1-7,25-31H;1-9,25-31H. The molecule has 3 aliphatic rings. The molecule has 34 heteroatoms. The second kappa shape index (κ2) is 25.5. The van der Waals surface area contributed by atoms with Gasteiger partial charge in [-0.3, -0.25) is 0 Å². The van der Waals surface area contributed by atoms with E-state index in [1.165, 1.54) is 36.4 Å². The van der Waals surface area contributed by atoms with E-state index in [0.29, 0.717) is 0 Å². The number of benzene rings is 12. The Hall–Kier alpha value is -16.2. The van der Waals surface area contributed by atoms with Crippen molar-refractivity contribution < 1.29 is 169 Å². The van der Waals surface area contributed by atoms with Crippen molar-refractivity contribution >= 4 is 21.9 Å². The maximum absolute atomic E-state index is 10.6. The summed E-state index contributed by atoms with van der Waals surface area (Å²) < 4.78 is 68.1. The van der Waals surface area contributed by atoms with Gasteiger partial charge in [-0.15, -0.1) is 0 Å². The molecule has 0 saturated carbocycles. The Morgan fingerprint density at radius 3 is 0.991 bits per heavy atom. The van der Waals surface area contributed by atoms with E-state index in [1.54, 1.807) is 0 Å². The molecule has 34 nitrogen and oxygen atoms in total. The molecular weight excluding hydrogens is 1410 g/mol. The predicted octanol–water partition coefficient (Wildman–Crippen LogP) is 15.1. The second-order valence-corrected chi connectivity index (χ2v) is 22.8. The highest BCUT2D eigenvalue weighted by Gasteiger charge is 2.38. The van der Waals surface area contributed by atoms with Crippen molar-refractivity contribution in [1.29, 1.82) is 0 Å². The van der Waals surface area contributed by atoms with E-state index in [-0.39, 0.29) is 206 Å². The van der Waals surface area contributed by atoms with Gasteiger partial charge in [-0.2, -0.15) is 0 Å². The molecule has 4 heterocycles. The minimum absolute atomic E-state index is 0.0447. The zero-order chi connectivity index (χ0) is 75.2. The van der Waals surface area contributed by atoms with E-state index >= 15 is 0 Å². The van der Waals surface area contributed by atoms with Gasteiger partial charge in [0.1, 0.15) is 109 Å². The van der Waals surface area contributed by atoms with Crippen molar-refractivity contribution in [2.45, 2.75) is 0 Å². The SMILES string of the molecule is Oc1cc(O)cc(Oc2c(O)cc(O)c3c2Oc2c(O)cc4oc5cc(O)cc(O)c5c4c2O3)c1.Oc1cc(O)cc(Oc2c(Oc3c(O)cc(O)cc3O)cc(O)c3c2Oc2c(O)cc(O)cc2O3)c1.Oc1cc(O)cc(Oc2cc(O)c3c(c2)Oc2c(O)cc(O)c(Oc4cc(O)cc(O)c4)c2O3)c1. The maximum Gasteiger partial charge on any atom is 0.220 e. The van der Waals surface area contributed by atoms with E-state index in [9.17, 15) is 112 Å². The third-order valence-corrected chi connectivity index (χ3v) is 15.1. The predicted molar refractivity (Wildman–Crippen MR) is 356 cm³/mol. The van der Waals surface area contributed by atoms with Gasteiger partial charge in [0.25, 0.3) is 0 Å². The molecule has 3 aliphatic heterocycles. The topological polar surface area (TPSA) is 560 Å². The van der Waals surface area contributed by atoms with Gasteiger partial charge in [0.15, 0.2) is 80.5 Å². The van der Waals surface area contributed by atoms with Crippen molar-refractivity contribution in [3.63, 3.8) is 0 Å². The highest BCUT2D eigenvalue weighted by molar-refractivity contribution is 6.13. The highest BCUT2D eigenvalue weighted by atomic mass is 16.6. The van der Waals surface area contributed by atoms with Crippen LogP contribution in [0.25, 0.3) is 21.9 Å². The summed E-state index contributed by atoms with van der Waals surface area (Å²) in [6, 6.07) is 26.5. The lowest BCUT2D eigenvalue weighted by Crippen LogP contribution is -2.03. The highest BCUT2D eigenvalue weighted by Crippen LogP contribution is 2.65. The van der Waals surface area contributed by atoms with Crippen LogP contribution in [0.15, 0.2) is 150 Å². The number of aromatic hydroxyl groups is 22. The lowest BCUT2D eigenvalue weighted by molar-refractivity contribution is 0.297. The molecule has 0 bridgehead atoms. The summed E-state index contributed by atoms with van der Waals surface area (Å²) in [6.45, 7) is 0. The third kappa shape index (κ3) is 12.8. The van der Waals surface area contributed by atoms with Crippen molar-refractivity contribution in [2.75, 3.05) is 0 Å². The number of phenols is 22. The van der Waals surface area contributed by atoms with Crippen LogP contribution >= 0.6 is 0 Å². The molecule has 0 radical (unpaired) electrons. The van der Waals surface area contributed by atoms with Gasteiger partial charge in [0, 0.05) is 146 Å². The quantitative estimate of drug-likeness (QED) is 0.0604. The molecular formula is C72H46O34. The molecule has 1 aromatic heterocycles. The molecule has 0 amide bonds. The van der Waals surface area contributed by atoms with Gasteiger partial charge >= 0.3 is 0 Å². The number of ether oxygens (including phenoxy) is 11. The van der Waals surface area contributed by atoms with E-state index in [1.807, 2.05) is 0 Å². The summed E-state index contributed by atoms with van der Waals surface area (Å²) >= 11 is 0. The average Bonchev–Trinajstić information content (AvgIpc) is 1.43. The summed E-state index contributed by atoms with van der Waals surface area (Å²) in [7, 11) is 0. The molecule has 13 aromatic rings. The number of furan rings is 1. The summed E-state index contributed by atoms with van der Waals surface area (Å²) in [5.74, 6) is -14.2. The largest absolute Gasteiger partial charge is 0.508 e. The summed E-state index contributed by atoms with van der Waals surface area (Å²) in [6.07, 6.45) is 0. The van der Waals surface area contributed by atoms with Gasteiger partial charge < -0.3 is 169 Å². The maximum atomic E-state index is 10.6. The second-order valence-electron chi connectivity index (χ2n) is 22.8. The van der Waals surface area contributed by atoms with Crippen molar-refractivity contribution in [1.82, 2.24) is 0 Å². The average molecular weight is 1460 g/mol. The number of hydrogen-bond donors (Lipinski definition) is 22. The minimum Gasteiger partial charge on any atom is -0.508 e. The first-order valence-corrected chi connectivity index (χ1v) is 29.9. The molecule has 0 fully saturated rings. The fourth-order valence-corrected chi connectivity index (χ4v) is 10.9. The Kier molecular flexibility index (Phi) is 16.2. The van der Waals surface area contributed by atoms with E-state index in [2.05, 4.69) is 0 Å². The van der Waals surface area contributed by atoms with Gasteiger partial charge in [-0.1, -0.05) is 0 Å². The summed E-state index contributed by atoms with van der Waals surface area (Å²) in [4.78, 5) is 0. The van der Waals surface area contributed by atoms with Gasteiger partial charge in [-0.25, -0.2) is 0 Å². The number of rotatable bonds is 10. The molecule has 538 valence electrons. The third-order valence-electron chi connectivity index (χ3n) is 15.1. The van der Waals surface area contributed by atoms with Gasteiger partial charge in [0.05, 0.1) is 10.8 Å². The smallest absolute Gasteiger partial charge is 0.220 e. The van der Waals surface area contributed by atoms with Crippen LogP contribution in [-0.2, 0) is 0 Å². The molecule has 0 saturated heterocycles. The zero-order valence-corrected chi connectivity index (χ0v) is 52.6. The van der Waals surface area contributed by atoms with Crippen molar-refractivity contribution in [3.8, 4) is 253 Å². The normalized spacial score (nSPS) is 11.7. The molecule has 12 aromatic carbocycles. The van der Waals surface area contributed by atoms with Crippen LogP contribution in [0, 0.1) is 0 Å². The Labute approximate surface area is 587 Å². The fourth-order valence-electron chi connectivity index (χ4n) is 10.9. The molecule has 0 unspecified atom stereocenters. The first-order valence-electron chi connectivity index (χ1n) is 29.9. The molecule has 0 aliphatic carbocycles. The van der Waals surface area contributed by atoms with Gasteiger partial charge in [-0.05, 0) is 0 Å². The van der Waals surface area contributed by atoms with Crippen LogP contribution in [0.1, 0.15) is 0 Å². The Morgan fingerprint density at radius 1 is 0.179 bits per heavy atom. The van der Waals surface area contributed by atoms with Crippen LogP contribution < -0.4 is 52.1 Å². The Morgan fingerprint density at radius 2 is 0.491 bits per heavy atom. The van der Waals surface area contributed by atoms with Crippen LogP contribution in [0.4, 0.5) is 0 Å². The van der Waals surface area contributed by atoms with Crippen LogP contribution in [-0.4, -0.2) is 112 Å². The molecule has 22 N–H and O–H groups in total. The van der Waals surface area contributed by atoms with Crippen LogP contribution in [0.2, 0.25) is 0 Å². The van der Waals surface area contributed by atoms with Gasteiger partial charge in [0.2, 0.25) is 74.7 Å². The van der Waals surface area contributed by atoms with E-state index in [0.717, 1.165) is 109 Å². The van der Waals surface area contributed by atoms with E-state index in [4.69, 9.17) is 56.5 Å². The number of hydrogen-bond acceptors (Lipinski definition) is 34. The minimum atomic E-state index is -0.665.